The monoisotopic (exact) mass is 159 g/mol. The molecule has 0 saturated heterocycles. The van der Waals surface area contributed by atoms with Gasteiger partial charge in [0, 0.05) is 0 Å². The van der Waals surface area contributed by atoms with Crippen molar-refractivity contribution in [1.29, 1.82) is 0 Å². The fourth-order valence-electron chi connectivity index (χ4n) is 1.10. The van der Waals surface area contributed by atoms with Crippen LogP contribution in [-0.4, -0.2) is 0 Å². The number of hydrogen-bond donors (Lipinski definition) is 0. The summed E-state index contributed by atoms with van der Waals surface area (Å²) in [6.45, 7) is 3.38. The molecule has 0 aliphatic rings. The number of allylic oxidation sites excluding steroid dienone is 3. The van der Waals surface area contributed by atoms with E-state index >= 15 is 0 Å². The van der Waals surface area contributed by atoms with E-state index in [-0.39, 0.29) is 0 Å². The topological polar surface area (TPSA) is 0 Å². The molecular weight excluding hydrogens is 144 g/mol. The molecule has 0 fully saturated rings. The van der Waals surface area contributed by atoms with Crippen molar-refractivity contribution in [2.75, 3.05) is 0 Å². The molecule has 0 amide bonds. The molecule has 0 aliphatic carbocycles. The van der Waals surface area contributed by atoms with Gasteiger partial charge in [0.05, 0.1) is 1.37 Å². The minimum Gasteiger partial charge on any atom is -0.0955 e. The van der Waals surface area contributed by atoms with Crippen LogP contribution in [0.2, 0.25) is 0 Å². The first kappa shape index (κ1) is 7.35. The summed E-state index contributed by atoms with van der Waals surface area (Å²) in [5.74, 6) is 0. The SMILES string of the molecule is [2H]C=C(/C=C/C)Cc1ccccc1. The van der Waals surface area contributed by atoms with E-state index in [1.54, 1.807) is 0 Å². The van der Waals surface area contributed by atoms with E-state index < -0.39 is 0 Å². The second-order valence-electron chi connectivity index (χ2n) is 2.74. The quantitative estimate of drug-likeness (QED) is 0.593. The van der Waals surface area contributed by atoms with E-state index in [0.717, 1.165) is 12.0 Å². The first-order chi connectivity index (χ1) is 6.36. The van der Waals surface area contributed by atoms with Crippen molar-refractivity contribution in [3.8, 4) is 0 Å². The molecule has 0 unspecified atom stereocenters. The zero-order valence-electron chi connectivity index (χ0n) is 8.33. The van der Waals surface area contributed by atoms with Crippen LogP contribution in [-0.2, 0) is 6.42 Å². The molecule has 1 aromatic carbocycles. The third-order valence-electron chi connectivity index (χ3n) is 1.63. The molecule has 0 bridgehead atoms. The van der Waals surface area contributed by atoms with Gasteiger partial charge in [0.1, 0.15) is 0 Å². The average molecular weight is 159 g/mol. The molecule has 1 rings (SSSR count). The third kappa shape index (κ3) is 2.75. The predicted octanol–water partition coefficient (Wildman–Crippen LogP) is 3.36. The van der Waals surface area contributed by atoms with Gasteiger partial charge in [0.25, 0.3) is 0 Å². The van der Waals surface area contributed by atoms with E-state index in [1.165, 1.54) is 12.1 Å². The Morgan fingerprint density at radius 1 is 1.50 bits per heavy atom. The second kappa shape index (κ2) is 4.55. The summed E-state index contributed by atoms with van der Waals surface area (Å²) in [7, 11) is 0. The lowest BCUT2D eigenvalue weighted by molar-refractivity contribution is 1.20. The lowest BCUT2D eigenvalue weighted by Crippen LogP contribution is -1.84. The van der Waals surface area contributed by atoms with Crippen LogP contribution in [0.25, 0.3) is 0 Å². The highest BCUT2D eigenvalue weighted by Crippen LogP contribution is 2.06. The Morgan fingerprint density at radius 3 is 2.83 bits per heavy atom. The summed E-state index contributed by atoms with van der Waals surface area (Å²) in [6, 6.07) is 10.2. The molecule has 0 aromatic heterocycles. The summed E-state index contributed by atoms with van der Waals surface area (Å²) in [4.78, 5) is 0. The molecule has 12 heavy (non-hydrogen) atoms. The molecule has 0 radical (unpaired) electrons. The Morgan fingerprint density at radius 2 is 2.25 bits per heavy atom. The van der Waals surface area contributed by atoms with E-state index in [1.807, 2.05) is 37.3 Å². The first-order valence-corrected chi connectivity index (χ1v) is 4.11. The minimum absolute atomic E-state index is 0.842. The predicted molar refractivity (Wildman–Crippen MR) is 54.1 cm³/mol. The van der Waals surface area contributed by atoms with Crippen molar-refractivity contribution in [2.24, 2.45) is 0 Å². The zero-order valence-corrected chi connectivity index (χ0v) is 7.33. The van der Waals surface area contributed by atoms with Gasteiger partial charge in [-0.15, -0.1) is 0 Å². The lowest BCUT2D eigenvalue weighted by Gasteiger charge is -1.99. The number of hydrogen-bond acceptors (Lipinski definition) is 0. The molecule has 0 nitrogen and oxygen atoms in total. The van der Waals surface area contributed by atoms with Crippen LogP contribution in [0.5, 0.6) is 0 Å². The van der Waals surface area contributed by atoms with E-state index in [9.17, 15) is 0 Å². The zero-order chi connectivity index (χ0) is 9.52. The number of benzene rings is 1. The summed E-state index contributed by atoms with van der Waals surface area (Å²) < 4.78 is 7.20. The van der Waals surface area contributed by atoms with Gasteiger partial charge in [-0.25, -0.2) is 0 Å². The molecule has 0 atom stereocenters. The molecule has 0 aliphatic heterocycles. The van der Waals surface area contributed by atoms with Crippen LogP contribution in [0.4, 0.5) is 0 Å². The highest BCUT2D eigenvalue weighted by Gasteiger charge is 1.91. The van der Waals surface area contributed by atoms with Crippen LogP contribution in [0, 0.1) is 0 Å². The molecule has 0 heterocycles. The third-order valence-corrected chi connectivity index (χ3v) is 1.63. The van der Waals surface area contributed by atoms with Gasteiger partial charge in [0.15, 0.2) is 0 Å². The average Bonchev–Trinajstić information content (AvgIpc) is 2.19. The molecule has 0 N–H and O–H groups in total. The molecule has 1 aromatic rings. The van der Waals surface area contributed by atoms with Gasteiger partial charge in [-0.05, 0) is 18.9 Å². The van der Waals surface area contributed by atoms with E-state index in [4.69, 9.17) is 1.37 Å². The summed E-state index contributed by atoms with van der Waals surface area (Å²) >= 11 is 0. The normalized spacial score (nSPS) is 13.4. The largest absolute Gasteiger partial charge is 0.0955 e. The van der Waals surface area contributed by atoms with Crippen LogP contribution >= 0.6 is 0 Å². The minimum atomic E-state index is 0.842. The maximum absolute atomic E-state index is 7.20. The van der Waals surface area contributed by atoms with Gasteiger partial charge in [-0.3, -0.25) is 0 Å². The van der Waals surface area contributed by atoms with Gasteiger partial charge >= 0.3 is 0 Å². The van der Waals surface area contributed by atoms with Gasteiger partial charge in [-0.1, -0.05) is 54.6 Å². The first-order valence-electron chi connectivity index (χ1n) is 4.68. The van der Waals surface area contributed by atoms with Gasteiger partial charge in [0.2, 0.25) is 0 Å². The van der Waals surface area contributed by atoms with Crippen molar-refractivity contribution in [1.82, 2.24) is 0 Å². The smallest absolute Gasteiger partial charge is 0.0541 e. The second-order valence-corrected chi connectivity index (χ2v) is 2.74. The molecule has 0 spiro atoms. The van der Waals surface area contributed by atoms with Crippen LogP contribution < -0.4 is 0 Å². The van der Waals surface area contributed by atoms with E-state index in [2.05, 4.69) is 12.1 Å². The number of rotatable bonds is 3. The molecular formula is C12H14. The Bertz CT molecular complexity index is 296. The van der Waals surface area contributed by atoms with Crippen molar-refractivity contribution in [2.45, 2.75) is 13.3 Å². The van der Waals surface area contributed by atoms with Crippen LogP contribution in [0.1, 0.15) is 13.9 Å². The van der Waals surface area contributed by atoms with Crippen molar-refractivity contribution < 1.29 is 1.37 Å². The Kier molecular flexibility index (Phi) is 2.79. The summed E-state index contributed by atoms with van der Waals surface area (Å²) in [5.41, 5.74) is 2.28. The molecule has 0 heteroatoms. The molecule has 62 valence electrons. The summed E-state index contributed by atoms with van der Waals surface area (Å²) in [5, 5.41) is 0. The van der Waals surface area contributed by atoms with Crippen molar-refractivity contribution in [3.05, 3.63) is 60.2 Å². The fraction of sp³-hybridized carbons (Fsp3) is 0.167. The maximum Gasteiger partial charge on any atom is 0.0541 e. The van der Waals surface area contributed by atoms with Gasteiger partial charge in [-0.2, -0.15) is 0 Å². The lowest BCUT2D eigenvalue weighted by atomic mass is 10.1. The standard InChI is InChI=1S/C12H14/c1-3-7-11(2)10-12-8-5-4-6-9-12/h3-9H,2,10H2,1H3/b7-3+/i2D/b7-3+,11-2?. The van der Waals surface area contributed by atoms with Crippen molar-refractivity contribution >= 4 is 0 Å². The van der Waals surface area contributed by atoms with Crippen LogP contribution in [0.3, 0.4) is 0 Å². The van der Waals surface area contributed by atoms with Crippen molar-refractivity contribution in [3.63, 3.8) is 0 Å². The molecule has 0 saturated carbocycles. The Balaban J connectivity index is 2.68. The summed E-state index contributed by atoms with van der Waals surface area (Å²) in [6.07, 6.45) is 4.78. The highest BCUT2D eigenvalue weighted by molar-refractivity contribution is 5.25. The highest BCUT2D eigenvalue weighted by atomic mass is 14.0. The Hall–Kier alpha value is -1.30. The van der Waals surface area contributed by atoms with Gasteiger partial charge < -0.3 is 0 Å². The maximum atomic E-state index is 7.20. The van der Waals surface area contributed by atoms with Crippen LogP contribution in [0.15, 0.2) is 54.6 Å². The fourth-order valence-corrected chi connectivity index (χ4v) is 1.10. The van der Waals surface area contributed by atoms with E-state index in [0.29, 0.717) is 0 Å². The Labute approximate surface area is 75.6 Å².